The lowest BCUT2D eigenvalue weighted by atomic mass is 10.3. The smallest absolute Gasteiger partial charge is 0.257 e. The average molecular weight is 364 g/mol. The maximum Gasteiger partial charge on any atom is 0.257 e. The number of halogens is 2. The molecule has 24 heavy (non-hydrogen) atoms. The normalized spacial score (nSPS) is 10.8. The van der Waals surface area contributed by atoms with Gasteiger partial charge in [-0.2, -0.15) is 0 Å². The van der Waals surface area contributed by atoms with Crippen molar-refractivity contribution in [1.82, 2.24) is 14.7 Å². The molecule has 0 atom stereocenters. The summed E-state index contributed by atoms with van der Waals surface area (Å²) in [5.74, 6) is 1.10. The van der Waals surface area contributed by atoms with Gasteiger partial charge >= 0.3 is 0 Å². The molecule has 0 aliphatic carbocycles. The predicted octanol–water partition coefficient (Wildman–Crippen LogP) is 3.38. The second-order valence-corrected chi connectivity index (χ2v) is 5.98. The maximum atomic E-state index is 11.9. The van der Waals surface area contributed by atoms with Gasteiger partial charge in [0, 0.05) is 24.2 Å². The van der Waals surface area contributed by atoms with Crippen LogP contribution in [0.4, 0.5) is 0 Å². The van der Waals surface area contributed by atoms with Crippen LogP contribution in [0, 0.1) is 0 Å². The molecule has 0 saturated carbocycles. The maximum absolute atomic E-state index is 11.9. The fourth-order valence-corrected chi connectivity index (χ4v) is 2.75. The summed E-state index contributed by atoms with van der Waals surface area (Å²) in [6.07, 6.45) is 4.39. The number of hydrogen-bond donors (Lipinski definition) is 1. The third-order valence-corrected chi connectivity index (χ3v) is 3.97. The number of hydrogen-bond acceptors (Lipinski definition) is 3. The number of nitrogens with one attached hydrogen (secondary N) is 1. The second kappa shape index (κ2) is 7.55. The molecule has 0 spiro atoms. The monoisotopic (exact) mass is 363 g/mol. The number of pyridine rings is 1. The van der Waals surface area contributed by atoms with Gasteiger partial charge in [0.2, 0.25) is 0 Å². The van der Waals surface area contributed by atoms with E-state index in [2.05, 4.69) is 10.3 Å². The van der Waals surface area contributed by atoms with E-state index in [1.807, 2.05) is 35.0 Å². The van der Waals surface area contributed by atoms with E-state index in [4.69, 9.17) is 27.9 Å². The molecule has 0 bridgehead atoms. The van der Waals surface area contributed by atoms with Crippen molar-refractivity contribution in [2.24, 2.45) is 0 Å². The van der Waals surface area contributed by atoms with Crippen LogP contribution in [0.25, 0.3) is 5.52 Å². The van der Waals surface area contributed by atoms with Crippen LogP contribution in [0.15, 0.2) is 48.8 Å². The highest BCUT2D eigenvalue weighted by Gasteiger charge is 2.07. The zero-order chi connectivity index (χ0) is 16.9. The van der Waals surface area contributed by atoms with Crippen LogP contribution in [-0.4, -0.2) is 28.4 Å². The lowest BCUT2D eigenvalue weighted by molar-refractivity contribution is -0.123. The summed E-state index contributed by atoms with van der Waals surface area (Å²) >= 11 is 11.8. The average Bonchev–Trinajstić information content (AvgIpc) is 2.97. The van der Waals surface area contributed by atoms with E-state index in [0.717, 1.165) is 11.3 Å². The molecule has 0 unspecified atom stereocenters. The van der Waals surface area contributed by atoms with E-state index < -0.39 is 0 Å². The summed E-state index contributed by atoms with van der Waals surface area (Å²) in [6, 6.07) is 10.7. The summed E-state index contributed by atoms with van der Waals surface area (Å²) in [5.41, 5.74) is 1.03. The molecular weight excluding hydrogens is 349 g/mol. The van der Waals surface area contributed by atoms with Crippen molar-refractivity contribution in [2.75, 3.05) is 13.2 Å². The minimum atomic E-state index is -0.220. The molecule has 3 aromatic rings. The number of aromatic nitrogens is 2. The van der Waals surface area contributed by atoms with Crippen molar-refractivity contribution in [3.05, 3.63) is 64.7 Å². The molecule has 2 heterocycles. The Balaban J connectivity index is 1.47. The van der Waals surface area contributed by atoms with Gasteiger partial charge in [0.15, 0.2) is 6.61 Å². The Labute approximate surface area is 149 Å². The van der Waals surface area contributed by atoms with E-state index in [1.54, 1.807) is 18.2 Å². The van der Waals surface area contributed by atoms with Gasteiger partial charge in [-0.3, -0.25) is 4.79 Å². The van der Waals surface area contributed by atoms with Crippen LogP contribution < -0.4 is 10.1 Å². The third-order valence-electron chi connectivity index (χ3n) is 3.44. The molecule has 0 aliphatic heterocycles. The largest absolute Gasteiger partial charge is 0.482 e. The number of fused-ring (bicyclic) bond motifs is 1. The molecule has 1 amide bonds. The number of imidazole rings is 1. The first-order chi connectivity index (χ1) is 11.6. The van der Waals surface area contributed by atoms with Gasteiger partial charge < -0.3 is 14.5 Å². The Bertz CT molecular complexity index is 864. The van der Waals surface area contributed by atoms with E-state index in [-0.39, 0.29) is 12.5 Å². The first-order valence-electron chi connectivity index (χ1n) is 7.39. The molecule has 1 N–H and O–H groups in total. The van der Waals surface area contributed by atoms with Crippen molar-refractivity contribution in [1.29, 1.82) is 0 Å². The van der Waals surface area contributed by atoms with E-state index in [9.17, 15) is 4.79 Å². The molecule has 1 aromatic carbocycles. The second-order valence-electron chi connectivity index (χ2n) is 5.13. The molecule has 3 rings (SSSR count). The first kappa shape index (κ1) is 16.6. The minimum Gasteiger partial charge on any atom is -0.482 e. The van der Waals surface area contributed by atoms with Crippen molar-refractivity contribution in [3.63, 3.8) is 0 Å². The molecule has 0 aliphatic rings. The molecule has 0 saturated heterocycles. The highest BCUT2D eigenvalue weighted by atomic mass is 35.5. The number of carbonyl (C=O) groups excluding carboxylic acids is 1. The lowest BCUT2D eigenvalue weighted by Gasteiger charge is -2.09. The molecular formula is C17H15Cl2N3O2. The van der Waals surface area contributed by atoms with Crippen molar-refractivity contribution in [2.45, 2.75) is 6.42 Å². The number of rotatable bonds is 6. The highest BCUT2D eigenvalue weighted by molar-refractivity contribution is 6.35. The van der Waals surface area contributed by atoms with E-state index in [0.29, 0.717) is 28.8 Å². The topological polar surface area (TPSA) is 55.6 Å². The minimum absolute atomic E-state index is 0.107. The molecule has 124 valence electrons. The SMILES string of the molecule is O=C(COc1ccc(Cl)cc1Cl)NCCc1ncc2ccccn12. The quantitative estimate of drug-likeness (QED) is 0.730. The van der Waals surface area contributed by atoms with Gasteiger partial charge in [-0.1, -0.05) is 29.3 Å². The van der Waals surface area contributed by atoms with Crippen LogP contribution in [-0.2, 0) is 11.2 Å². The van der Waals surface area contributed by atoms with Gasteiger partial charge in [-0.15, -0.1) is 0 Å². The molecule has 0 fully saturated rings. The lowest BCUT2D eigenvalue weighted by Crippen LogP contribution is -2.30. The third kappa shape index (κ3) is 3.99. The van der Waals surface area contributed by atoms with Crippen LogP contribution in [0.5, 0.6) is 5.75 Å². The standard InChI is InChI=1S/C17H15Cl2N3O2/c18-12-4-5-15(14(19)9-12)24-11-17(23)20-7-6-16-21-10-13-3-1-2-8-22(13)16/h1-5,8-10H,6-7,11H2,(H,20,23). The predicted molar refractivity (Wildman–Crippen MR) is 93.9 cm³/mol. The number of nitrogens with zero attached hydrogens (tertiary/aromatic N) is 2. The van der Waals surface area contributed by atoms with Crippen LogP contribution in [0.2, 0.25) is 10.0 Å². The fourth-order valence-electron chi connectivity index (χ4n) is 2.28. The Kier molecular flexibility index (Phi) is 5.23. The molecule has 7 heteroatoms. The Morgan fingerprint density at radius 2 is 2.12 bits per heavy atom. The molecule has 2 aromatic heterocycles. The van der Waals surface area contributed by atoms with Crippen molar-refractivity contribution >= 4 is 34.6 Å². The Morgan fingerprint density at radius 1 is 1.25 bits per heavy atom. The molecule has 5 nitrogen and oxygen atoms in total. The summed E-state index contributed by atoms with van der Waals surface area (Å²) in [5, 5.41) is 3.69. The van der Waals surface area contributed by atoms with Gasteiger partial charge in [0.1, 0.15) is 11.6 Å². The van der Waals surface area contributed by atoms with Gasteiger partial charge in [-0.05, 0) is 30.3 Å². The van der Waals surface area contributed by atoms with Crippen LogP contribution in [0.1, 0.15) is 5.82 Å². The zero-order valence-corrected chi connectivity index (χ0v) is 14.2. The summed E-state index contributed by atoms with van der Waals surface area (Å²) in [6.45, 7) is 0.369. The van der Waals surface area contributed by atoms with Crippen LogP contribution >= 0.6 is 23.2 Å². The zero-order valence-electron chi connectivity index (χ0n) is 12.7. The van der Waals surface area contributed by atoms with E-state index >= 15 is 0 Å². The molecule has 0 radical (unpaired) electrons. The van der Waals surface area contributed by atoms with E-state index in [1.165, 1.54) is 0 Å². The highest BCUT2D eigenvalue weighted by Crippen LogP contribution is 2.27. The summed E-state index contributed by atoms with van der Waals surface area (Å²) in [4.78, 5) is 16.2. The van der Waals surface area contributed by atoms with Gasteiger partial charge in [-0.25, -0.2) is 4.98 Å². The first-order valence-corrected chi connectivity index (χ1v) is 8.14. The van der Waals surface area contributed by atoms with Crippen molar-refractivity contribution in [3.8, 4) is 5.75 Å². The summed E-state index contributed by atoms with van der Waals surface area (Å²) < 4.78 is 7.38. The number of ether oxygens (including phenoxy) is 1. The Morgan fingerprint density at radius 3 is 2.96 bits per heavy atom. The van der Waals surface area contributed by atoms with Gasteiger partial charge in [0.25, 0.3) is 5.91 Å². The van der Waals surface area contributed by atoms with Gasteiger partial charge in [0.05, 0.1) is 16.7 Å². The number of carbonyl (C=O) groups is 1. The fraction of sp³-hybridized carbons (Fsp3) is 0.176. The number of benzene rings is 1. The van der Waals surface area contributed by atoms with Crippen LogP contribution in [0.3, 0.4) is 0 Å². The Hall–Kier alpha value is -2.24. The summed E-state index contributed by atoms with van der Waals surface area (Å²) in [7, 11) is 0. The van der Waals surface area contributed by atoms with Crippen molar-refractivity contribution < 1.29 is 9.53 Å². The number of amides is 1.